The lowest BCUT2D eigenvalue weighted by molar-refractivity contribution is -0.144. The second kappa shape index (κ2) is 72.4. The van der Waals surface area contributed by atoms with Crippen molar-refractivity contribution in [1.29, 1.82) is 0 Å². The molecule has 0 aromatic carbocycles. The largest absolute Gasteiger partial charge is 0.466 e. The Labute approximate surface area is 476 Å². The van der Waals surface area contributed by atoms with Crippen molar-refractivity contribution >= 4 is 11.9 Å². The summed E-state index contributed by atoms with van der Waals surface area (Å²) in [7, 11) is 0. The number of rotatable bonds is 60. The van der Waals surface area contributed by atoms with Crippen LogP contribution in [0.5, 0.6) is 0 Å². The van der Waals surface area contributed by atoms with Gasteiger partial charge in [0.05, 0.1) is 13.2 Å². The molecule has 0 saturated carbocycles. The van der Waals surface area contributed by atoms with Crippen LogP contribution in [-0.2, 0) is 19.1 Å². The molecule has 0 unspecified atom stereocenters. The fraction of sp³-hybridized carbons (Fsp3) is 0.806. The molecule has 0 N–H and O–H groups in total. The van der Waals surface area contributed by atoms with Gasteiger partial charge in [0.1, 0.15) is 0 Å². The van der Waals surface area contributed by atoms with Gasteiger partial charge in [-0.25, -0.2) is 0 Å². The Balaban J connectivity index is 0. The minimum Gasteiger partial charge on any atom is -0.466 e. The average Bonchev–Trinajstić information content (AvgIpc) is 3.42. The zero-order valence-electron chi connectivity index (χ0n) is 51.7. The molecule has 0 heterocycles. The van der Waals surface area contributed by atoms with Gasteiger partial charge in [0.2, 0.25) is 0 Å². The lowest BCUT2D eigenvalue weighted by atomic mass is 10.1. The highest BCUT2D eigenvalue weighted by atomic mass is 16.5. The highest BCUT2D eigenvalue weighted by molar-refractivity contribution is 5.69. The summed E-state index contributed by atoms with van der Waals surface area (Å²) in [6.45, 7) is 10.3. The minimum atomic E-state index is 0.00483. The van der Waals surface area contributed by atoms with Crippen molar-refractivity contribution in [2.24, 2.45) is 0 Å². The Morgan fingerprint density at radius 2 is 0.408 bits per heavy atom. The van der Waals surface area contributed by atoms with E-state index in [4.69, 9.17) is 9.47 Å². The first-order chi connectivity index (χ1) is 37.6. The fourth-order valence-corrected chi connectivity index (χ4v) is 9.38. The molecule has 0 rings (SSSR count). The van der Waals surface area contributed by atoms with Crippen LogP contribution in [0.2, 0.25) is 0 Å². The smallest absolute Gasteiger partial charge is 0.305 e. The van der Waals surface area contributed by atoms with Crippen LogP contribution in [0.15, 0.2) is 72.9 Å². The molecule has 0 atom stereocenters. The molecule has 0 aliphatic rings. The predicted octanol–water partition coefficient (Wildman–Crippen LogP) is 24.8. The maximum Gasteiger partial charge on any atom is 0.305 e. The summed E-state index contributed by atoms with van der Waals surface area (Å²) in [6, 6.07) is 0. The predicted molar refractivity (Wildman–Crippen MR) is 340 cm³/mol. The Kier molecular flexibility index (Phi) is 71.9. The van der Waals surface area contributed by atoms with Crippen LogP contribution in [0, 0.1) is 0 Å². The Morgan fingerprint density at radius 1 is 0.224 bits per heavy atom. The lowest BCUT2D eigenvalue weighted by Gasteiger charge is -2.05. The van der Waals surface area contributed by atoms with Crippen molar-refractivity contribution in [1.82, 2.24) is 0 Å². The Hall–Kier alpha value is -2.62. The van der Waals surface area contributed by atoms with Gasteiger partial charge in [0.25, 0.3) is 0 Å². The molecule has 0 aliphatic carbocycles. The van der Waals surface area contributed by atoms with Gasteiger partial charge in [-0.3, -0.25) is 9.59 Å². The van der Waals surface area contributed by atoms with Crippen molar-refractivity contribution < 1.29 is 19.1 Å². The van der Waals surface area contributed by atoms with Crippen LogP contribution < -0.4 is 0 Å². The van der Waals surface area contributed by atoms with Gasteiger partial charge in [-0.05, 0) is 141 Å². The number of hydrogen-bond acceptors (Lipinski definition) is 4. The maximum absolute atomic E-state index is 11.9. The third-order valence-corrected chi connectivity index (χ3v) is 14.5. The molecule has 4 nitrogen and oxygen atoms in total. The van der Waals surface area contributed by atoms with E-state index in [2.05, 4.69) is 101 Å². The summed E-state index contributed by atoms with van der Waals surface area (Å²) in [5.74, 6) is 0.00966. The van der Waals surface area contributed by atoms with Gasteiger partial charge >= 0.3 is 11.9 Å². The first kappa shape index (κ1) is 75.5. The molecule has 76 heavy (non-hydrogen) atoms. The zero-order chi connectivity index (χ0) is 55.2. The van der Waals surface area contributed by atoms with Crippen molar-refractivity contribution in [2.45, 2.75) is 362 Å². The van der Waals surface area contributed by atoms with Crippen LogP contribution >= 0.6 is 0 Å². The number of unbranched alkanes of at least 4 members (excludes halogenated alkanes) is 40. The molecular formula is C72H132O4. The summed E-state index contributed by atoms with van der Waals surface area (Å²) < 4.78 is 10.8. The number of esters is 2. The number of carbonyl (C=O) groups excluding carboxylic acids is 2. The third kappa shape index (κ3) is 73.5. The Bertz CT molecular complexity index is 1190. The monoisotopic (exact) mass is 1060 g/mol. The van der Waals surface area contributed by atoms with Crippen LogP contribution in [0.25, 0.3) is 0 Å². The third-order valence-electron chi connectivity index (χ3n) is 14.5. The normalized spacial score (nSPS) is 11.9. The molecule has 0 aromatic heterocycles. The summed E-state index contributed by atoms with van der Waals surface area (Å²) in [5.41, 5.74) is 0. The summed E-state index contributed by atoms with van der Waals surface area (Å²) in [4.78, 5) is 23.8. The molecule has 0 saturated heterocycles. The van der Waals surface area contributed by atoms with Crippen molar-refractivity contribution in [2.75, 3.05) is 13.2 Å². The van der Waals surface area contributed by atoms with Gasteiger partial charge < -0.3 is 9.47 Å². The standard InChI is InChI=1S/2C36H66O2/c2*1-3-5-7-9-11-13-15-17-19-21-23-25-27-29-31-33-35-38-36(37)34-32-30-28-26-24-22-20-18-16-14-12-10-8-6-4-2/h2*11,13,17-20H,3-10,12,14-16,21-35H2,1-2H3/b2*13-11-,19-17-,20-18-. The highest BCUT2D eigenvalue weighted by Crippen LogP contribution is 2.15. The van der Waals surface area contributed by atoms with Gasteiger partial charge in [-0.2, -0.15) is 0 Å². The molecular weight excluding hydrogens is 929 g/mol. The molecule has 0 spiro atoms. The van der Waals surface area contributed by atoms with E-state index in [-0.39, 0.29) is 11.9 Å². The number of hydrogen-bond donors (Lipinski definition) is 0. The molecule has 0 aliphatic heterocycles. The molecule has 0 amide bonds. The highest BCUT2D eigenvalue weighted by Gasteiger charge is 2.04. The topological polar surface area (TPSA) is 52.6 Å². The van der Waals surface area contributed by atoms with E-state index in [9.17, 15) is 9.59 Å². The maximum atomic E-state index is 11.9. The van der Waals surface area contributed by atoms with Gasteiger partial charge in [0.15, 0.2) is 0 Å². The quantitative estimate of drug-likeness (QED) is 0.0346. The van der Waals surface area contributed by atoms with E-state index in [1.807, 2.05) is 0 Å². The number of ether oxygens (including phenoxy) is 2. The van der Waals surface area contributed by atoms with Gasteiger partial charge in [0, 0.05) is 12.8 Å². The van der Waals surface area contributed by atoms with Gasteiger partial charge in [-0.15, -0.1) is 0 Å². The minimum absolute atomic E-state index is 0.00483. The van der Waals surface area contributed by atoms with Crippen molar-refractivity contribution in [3.05, 3.63) is 72.9 Å². The van der Waals surface area contributed by atoms with E-state index in [1.54, 1.807) is 0 Å². The molecule has 0 radical (unpaired) electrons. The lowest BCUT2D eigenvalue weighted by Crippen LogP contribution is -2.05. The van der Waals surface area contributed by atoms with E-state index in [0.29, 0.717) is 26.1 Å². The van der Waals surface area contributed by atoms with E-state index < -0.39 is 0 Å². The average molecular weight is 1060 g/mol. The van der Waals surface area contributed by atoms with E-state index in [0.717, 1.165) is 51.4 Å². The zero-order valence-corrected chi connectivity index (χ0v) is 51.7. The first-order valence-corrected chi connectivity index (χ1v) is 33.8. The molecule has 0 aromatic rings. The first-order valence-electron chi connectivity index (χ1n) is 33.8. The van der Waals surface area contributed by atoms with Crippen molar-refractivity contribution in [3.63, 3.8) is 0 Å². The number of allylic oxidation sites excluding steroid dienone is 12. The fourth-order valence-electron chi connectivity index (χ4n) is 9.38. The SMILES string of the molecule is CCCCC/C=C\C/C=C\CCCCCCCCOC(=O)CCCCCCC/C=C\CCCCCCCC.CCCCC/C=C\C/C=C\CCCCCCCCOC(=O)CCCCCCC/C=C\CCCCCCCC. The molecule has 0 fully saturated rings. The van der Waals surface area contributed by atoms with Crippen LogP contribution in [0.3, 0.4) is 0 Å². The number of carbonyl (C=O) groups is 2. The van der Waals surface area contributed by atoms with E-state index in [1.165, 1.54) is 270 Å². The second-order valence-corrected chi connectivity index (χ2v) is 22.3. The van der Waals surface area contributed by atoms with Crippen LogP contribution in [0.4, 0.5) is 0 Å². The summed E-state index contributed by atoms with van der Waals surface area (Å²) in [5, 5.41) is 0. The van der Waals surface area contributed by atoms with Crippen molar-refractivity contribution in [3.8, 4) is 0 Å². The molecule has 4 heteroatoms. The summed E-state index contributed by atoms with van der Waals surface area (Å²) in [6.07, 6.45) is 92.4. The van der Waals surface area contributed by atoms with E-state index >= 15 is 0 Å². The molecule has 0 bridgehead atoms. The van der Waals surface area contributed by atoms with Crippen LogP contribution in [0.1, 0.15) is 362 Å². The second-order valence-electron chi connectivity index (χ2n) is 22.3. The summed E-state index contributed by atoms with van der Waals surface area (Å²) >= 11 is 0. The Morgan fingerprint density at radius 3 is 0.671 bits per heavy atom. The van der Waals surface area contributed by atoms with Crippen LogP contribution in [-0.4, -0.2) is 25.2 Å². The van der Waals surface area contributed by atoms with Gasteiger partial charge in [-0.1, -0.05) is 280 Å². The molecule has 444 valence electrons.